The largest absolute Gasteiger partial charge is 0.378 e. The molecule has 0 saturated carbocycles. The molecular weight excluding hydrogens is 358 g/mol. The molecule has 0 radical (unpaired) electrons. The van der Waals surface area contributed by atoms with E-state index < -0.39 is 5.60 Å². The lowest BCUT2D eigenvalue weighted by Crippen LogP contribution is -2.30. The Bertz CT molecular complexity index is 1090. The fraction of sp³-hybridized carbons (Fsp3) is 0.300. The van der Waals surface area contributed by atoms with Crippen LogP contribution in [0.5, 0.6) is 0 Å². The van der Waals surface area contributed by atoms with E-state index in [1.165, 1.54) is 6.92 Å². The van der Waals surface area contributed by atoms with E-state index in [-0.39, 0.29) is 5.91 Å². The number of hydrogen-bond acceptors (Lipinski definition) is 6. The first-order valence-corrected chi connectivity index (χ1v) is 8.85. The third-order valence-electron chi connectivity index (χ3n) is 4.94. The lowest BCUT2D eigenvalue weighted by molar-refractivity contribution is -0.114. The lowest BCUT2D eigenvalue weighted by atomic mass is 9.95. The molecule has 8 nitrogen and oxygen atoms in total. The van der Waals surface area contributed by atoms with E-state index in [9.17, 15) is 10.1 Å². The first kappa shape index (κ1) is 18.1. The number of methoxy groups -OCH3 is 1. The maximum Gasteiger partial charge on any atom is 0.222 e. The van der Waals surface area contributed by atoms with Crippen molar-refractivity contribution in [2.75, 3.05) is 25.6 Å². The SMILES string of the molecule is COC1(c2cc(C#N)cc(-c3c[nH]c4cnc(NC(C)=O)cc34)n2)CCOC1. The summed E-state index contributed by atoms with van der Waals surface area (Å²) in [4.78, 5) is 23.5. The van der Waals surface area contributed by atoms with Crippen molar-refractivity contribution in [1.29, 1.82) is 5.26 Å². The van der Waals surface area contributed by atoms with Crippen LogP contribution in [0.2, 0.25) is 0 Å². The van der Waals surface area contributed by atoms with E-state index in [1.54, 1.807) is 31.5 Å². The first-order valence-electron chi connectivity index (χ1n) is 8.85. The van der Waals surface area contributed by atoms with Crippen LogP contribution in [-0.4, -0.2) is 41.2 Å². The van der Waals surface area contributed by atoms with Crippen LogP contribution >= 0.6 is 0 Å². The monoisotopic (exact) mass is 377 g/mol. The van der Waals surface area contributed by atoms with Gasteiger partial charge in [-0.15, -0.1) is 0 Å². The van der Waals surface area contributed by atoms with Gasteiger partial charge in [0.05, 0.1) is 41.3 Å². The van der Waals surface area contributed by atoms with E-state index >= 15 is 0 Å². The Kier molecular flexibility index (Phi) is 4.55. The van der Waals surface area contributed by atoms with Crippen molar-refractivity contribution in [2.45, 2.75) is 18.9 Å². The van der Waals surface area contributed by atoms with Crippen molar-refractivity contribution in [3.8, 4) is 17.3 Å². The number of nitrogens with zero attached hydrogens (tertiary/aromatic N) is 3. The first-order chi connectivity index (χ1) is 13.5. The summed E-state index contributed by atoms with van der Waals surface area (Å²) < 4.78 is 11.3. The fourth-order valence-corrected chi connectivity index (χ4v) is 3.46. The number of rotatable bonds is 4. The third kappa shape index (κ3) is 3.11. The van der Waals surface area contributed by atoms with Gasteiger partial charge in [-0.3, -0.25) is 4.79 Å². The highest BCUT2D eigenvalue weighted by Gasteiger charge is 2.39. The molecule has 1 aliphatic heterocycles. The number of carbonyl (C=O) groups excluding carboxylic acids is 1. The van der Waals surface area contributed by atoms with Gasteiger partial charge in [0, 0.05) is 44.2 Å². The molecule has 1 atom stereocenters. The number of H-pyrrole nitrogens is 1. The second-order valence-corrected chi connectivity index (χ2v) is 6.74. The Balaban J connectivity index is 1.86. The summed E-state index contributed by atoms with van der Waals surface area (Å²) in [7, 11) is 1.63. The number of hydrogen-bond donors (Lipinski definition) is 2. The van der Waals surface area contributed by atoms with Crippen LogP contribution in [0.15, 0.2) is 30.6 Å². The van der Waals surface area contributed by atoms with Gasteiger partial charge in [-0.2, -0.15) is 5.26 Å². The zero-order valence-electron chi connectivity index (χ0n) is 15.6. The molecule has 3 aromatic heterocycles. The summed E-state index contributed by atoms with van der Waals surface area (Å²) in [5.41, 5.74) is 2.77. The maximum absolute atomic E-state index is 11.4. The average molecular weight is 377 g/mol. The number of ether oxygens (including phenoxy) is 2. The molecule has 1 fully saturated rings. The standard InChI is InChI=1S/C20H19N5O3/c1-12(26)24-19-7-14-15(9-22-17(14)10-23-19)16-5-13(8-21)6-18(25-16)20(27-2)3-4-28-11-20/h5-7,9-10,22H,3-4,11H2,1-2H3,(H,23,24,26). The molecule has 1 aliphatic rings. The lowest BCUT2D eigenvalue weighted by Gasteiger charge is -2.25. The van der Waals surface area contributed by atoms with Gasteiger partial charge in [0.25, 0.3) is 0 Å². The molecule has 2 N–H and O–H groups in total. The summed E-state index contributed by atoms with van der Waals surface area (Å²) >= 11 is 0. The van der Waals surface area contributed by atoms with Crippen molar-refractivity contribution in [3.63, 3.8) is 0 Å². The Morgan fingerprint density at radius 3 is 2.96 bits per heavy atom. The summed E-state index contributed by atoms with van der Waals surface area (Å²) in [5, 5.41) is 13.1. The zero-order valence-corrected chi connectivity index (χ0v) is 15.6. The van der Waals surface area contributed by atoms with Gasteiger partial charge in [0.15, 0.2) is 0 Å². The Labute approximate surface area is 161 Å². The number of carbonyl (C=O) groups is 1. The highest BCUT2D eigenvalue weighted by atomic mass is 16.5. The summed E-state index contributed by atoms with van der Waals surface area (Å²) in [6.45, 7) is 2.41. The van der Waals surface area contributed by atoms with Crippen LogP contribution < -0.4 is 5.32 Å². The van der Waals surface area contributed by atoms with Crippen molar-refractivity contribution in [1.82, 2.24) is 15.0 Å². The smallest absolute Gasteiger partial charge is 0.222 e. The second kappa shape index (κ2) is 7.03. The quantitative estimate of drug-likeness (QED) is 0.723. The molecule has 0 bridgehead atoms. The predicted octanol–water partition coefficient (Wildman–Crippen LogP) is 2.72. The number of fused-ring (bicyclic) bond motifs is 1. The Morgan fingerprint density at radius 1 is 1.43 bits per heavy atom. The molecule has 0 aromatic carbocycles. The van der Waals surface area contributed by atoms with Crippen LogP contribution in [-0.2, 0) is 19.9 Å². The van der Waals surface area contributed by atoms with E-state index in [1.807, 2.05) is 6.20 Å². The molecule has 1 unspecified atom stereocenters. The van der Waals surface area contributed by atoms with Gasteiger partial charge >= 0.3 is 0 Å². The number of aromatic nitrogens is 3. The summed E-state index contributed by atoms with van der Waals surface area (Å²) in [6.07, 6.45) is 4.15. The molecule has 142 valence electrons. The molecule has 4 heterocycles. The highest BCUT2D eigenvalue weighted by Crippen LogP contribution is 2.36. The van der Waals surface area contributed by atoms with Crippen molar-refractivity contribution < 1.29 is 14.3 Å². The third-order valence-corrected chi connectivity index (χ3v) is 4.94. The van der Waals surface area contributed by atoms with E-state index in [0.717, 1.165) is 16.5 Å². The fourth-order valence-electron chi connectivity index (χ4n) is 3.46. The molecule has 0 spiro atoms. The van der Waals surface area contributed by atoms with Gasteiger partial charge in [-0.05, 0) is 18.2 Å². The summed E-state index contributed by atoms with van der Waals surface area (Å²) in [5.74, 6) is 0.258. The number of aromatic amines is 1. The molecule has 1 amide bonds. The van der Waals surface area contributed by atoms with Gasteiger partial charge in [-0.25, -0.2) is 9.97 Å². The van der Waals surface area contributed by atoms with Crippen LogP contribution in [0, 0.1) is 11.3 Å². The van der Waals surface area contributed by atoms with Crippen molar-refractivity contribution >= 4 is 22.6 Å². The van der Waals surface area contributed by atoms with Crippen molar-refractivity contribution in [2.24, 2.45) is 0 Å². The van der Waals surface area contributed by atoms with Crippen LogP contribution in [0.3, 0.4) is 0 Å². The van der Waals surface area contributed by atoms with Crippen molar-refractivity contribution in [3.05, 3.63) is 41.9 Å². The van der Waals surface area contributed by atoms with E-state index in [4.69, 9.17) is 14.5 Å². The maximum atomic E-state index is 11.4. The number of amides is 1. The Morgan fingerprint density at radius 2 is 2.29 bits per heavy atom. The van der Waals surface area contributed by atoms with E-state index in [2.05, 4.69) is 21.4 Å². The molecule has 8 heteroatoms. The molecular formula is C20H19N5O3. The molecule has 28 heavy (non-hydrogen) atoms. The summed E-state index contributed by atoms with van der Waals surface area (Å²) in [6, 6.07) is 7.48. The van der Waals surface area contributed by atoms with Gasteiger partial charge in [0.2, 0.25) is 5.91 Å². The zero-order chi connectivity index (χ0) is 19.7. The molecule has 3 aromatic rings. The number of pyridine rings is 2. The second-order valence-electron chi connectivity index (χ2n) is 6.74. The van der Waals surface area contributed by atoms with Crippen LogP contribution in [0.25, 0.3) is 22.2 Å². The highest BCUT2D eigenvalue weighted by molar-refractivity contribution is 5.97. The topological polar surface area (TPSA) is 113 Å². The molecule has 4 rings (SSSR count). The van der Waals surface area contributed by atoms with Crippen LogP contribution in [0.1, 0.15) is 24.6 Å². The molecule has 0 aliphatic carbocycles. The number of anilines is 1. The van der Waals surface area contributed by atoms with Gasteiger partial charge in [-0.1, -0.05) is 0 Å². The minimum atomic E-state index is -0.656. The molecule has 1 saturated heterocycles. The average Bonchev–Trinajstić information content (AvgIpc) is 3.34. The number of nitriles is 1. The van der Waals surface area contributed by atoms with Crippen LogP contribution in [0.4, 0.5) is 5.82 Å². The normalized spacial score (nSPS) is 18.9. The minimum Gasteiger partial charge on any atom is -0.378 e. The Hall–Kier alpha value is -3.28. The minimum absolute atomic E-state index is 0.195. The van der Waals surface area contributed by atoms with E-state index in [0.29, 0.717) is 42.4 Å². The van der Waals surface area contributed by atoms with Gasteiger partial charge < -0.3 is 19.8 Å². The predicted molar refractivity (Wildman–Crippen MR) is 102 cm³/mol. The van der Waals surface area contributed by atoms with Gasteiger partial charge in [0.1, 0.15) is 11.4 Å². The number of nitrogens with one attached hydrogen (secondary N) is 2.